The van der Waals surface area contributed by atoms with Gasteiger partial charge in [0, 0.05) is 23.5 Å². The molecule has 0 aliphatic heterocycles. The topological polar surface area (TPSA) is 94.8 Å². The lowest BCUT2D eigenvalue weighted by molar-refractivity contribution is -0.137. The number of carbonyl (C=O) groups excluding carboxylic acids is 1. The summed E-state index contributed by atoms with van der Waals surface area (Å²) in [5.74, 6) is -0.245. The molecule has 0 fully saturated rings. The molecule has 8 nitrogen and oxygen atoms in total. The van der Waals surface area contributed by atoms with Crippen molar-refractivity contribution in [2.45, 2.75) is 6.92 Å². The molecule has 2 aromatic carbocycles. The molecule has 166 valence electrons. The van der Waals surface area contributed by atoms with Crippen LogP contribution in [0.15, 0.2) is 67.1 Å². The summed E-state index contributed by atoms with van der Waals surface area (Å²) in [4.78, 5) is 21.9. The Kier molecular flexibility index (Phi) is 6.70. The van der Waals surface area contributed by atoms with E-state index in [1.54, 1.807) is 19.2 Å². The Bertz CT molecular complexity index is 1310. The standard InChI is InChI=1S/C23H18ClFN6O2/c1-2-33-21(32)9-6-15-4-3-5-16(12-15)18-14-26-23(30-22(18)31-27-10-11-28-31)29-17-7-8-20(25)19(24)13-17/h3-14H,2H2,1H3,(H,26,29,30)/b9-6+. The Labute approximate surface area is 193 Å². The van der Waals surface area contributed by atoms with Gasteiger partial charge >= 0.3 is 5.97 Å². The van der Waals surface area contributed by atoms with E-state index in [1.165, 1.54) is 41.5 Å². The number of anilines is 2. The summed E-state index contributed by atoms with van der Waals surface area (Å²) in [5.41, 5.74) is 2.78. The van der Waals surface area contributed by atoms with Gasteiger partial charge in [0.25, 0.3) is 0 Å². The maximum absolute atomic E-state index is 13.5. The maximum atomic E-state index is 13.5. The highest BCUT2D eigenvalue weighted by Gasteiger charge is 2.14. The minimum atomic E-state index is -0.517. The average Bonchev–Trinajstić information content (AvgIpc) is 3.35. The van der Waals surface area contributed by atoms with E-state index in [0.29, 0.717) is 23.7 Å². The molecule has 0 radical (unpaired) electrons. The second kappa shape index (κ2) is 10.0. The van der Waals surface area contributed by atoms with Crippen LogP contribution in [0.2, 0.25) is 5.02 Å². The van der Waals surface area contributed by atoms with Crippen LogP contribution in [-0.2, 0) is 9.53 Å². The van der Waals surface area contributed by atoms with Crippen LogP contribution >= 0.6 is 11.6 Å². The predicted molar refractivity (Wildman–Crippen MR) is 123 cm³/mol. The Morgan fingerprint density at radius 2 is 2.03 bits per heavy atom. The molecule has 0 saturated carbocycles. The number of nitrogens with one attached hydrogen (secondary N) is 1. The quantitative estimate of drug-likeness (QED) is 0.309. The van der Waals surface area contributed by atoms with Gasteiger partial charge in [0.1, 0.15) is 5.82 Å². The molecule has 33 heavy (non-hydrogen) atoms. The minimum Gasteiger partial charge on any atom is -0.463 e. The molecule has 4 rings (SSSR count). The largest absolute Gasteiger partial charge is 0.463 e. The molecule has 0 spiro atoms. The van der Waals surface area contributed by atoms with Crippen LogP contribution in [0.1, 0.15) is 12.5 Å². The second-order valence-electron chi connectivity index (χ2n) is 6.71. The third-order valence-electron chi connectivity index (χ3n) is 4.45. The van der Waals surface area contributed by atoms with Gasteiger partial charge in [-0.15, -0.1) is 4.80 Å². The first-order valence-corrected chi connectivity index (χ1v) is 10.3. The van der Waals surface area contributed by atoms with Gasteiger partial charge in [0.2, 0.25) is 5.95 Å². The molecule has 0 amide bonds. The molecule has 4 aromatic rings. The van der Waals surface area contributed by atoms with E-state index in [-0.39, 0.29) is 11.0 Å². The molecular formula is C23H18ClFN6O2. The molecule has 0 aliphatic rings. The van der Waals surface area contributed by atoms with E-state index in [0.717, 1.165) is 11.1 Å². The summed E-state index contributed by atoms with van der Waals surface area (Å²) in [6, 6.07) is 11.7. The fourth-order valence-corrected chi connectivity index (χ4v) is 3.16. The first-order chi connectivity index (χ1) is 16.0. The Morgan fingerprint density at radius 1 is 1.21 bits per heavy atom. The number of carbonyl (C=O) groups is 1. The second-order valence-corrected chi connectivity index (χ2v) is 7.12. The van der Waals surface area contributed by atoms with Gasteiger partial charge in [-0.25, -0.2) is 14.2 Å². The van der Waals surface area contributed by atoms with Gasteiger partial charge in [0.05, 0.1) is 24.0 Å². The van der Waals surface area contributed by atoms with Crippen molar-refractivity contribution in [1.82, 2.24) is 25.0 Å². The molecular weight excluding hydrogens is 447 g/mol. The molecule has 2 heterocycles. The first-order valence-electron chi connectivity index (χ1n) is 9.94. The summed E-state index contributed by atoms with van der Waals surface area (Å²) in [6.45, 7) is 2.06. The van der Waals surface area contributed by atoms with Crippen LogP contribution in [0.25, 0.3) is 23.0 Å². The normalized spacial score (nSPS) is 11.0. The van der Waals surface area contributed by atoms with Crippen LogP contribution in [-0.4, -0.2) is 37.5 Å². The van der Waals surface area contributed by atoms with Crippen molar-refractivity contribution < 1.29 is 13.9 Å². The Hall–Kier alpha value is -4.11. The van der Waals surface area contributed by atoms with Crippen LogP contribution in [0.5, 0.6) is 0 Å². The van der Waals surface area contributed by atoms with E-state index < -0.39 is 11.8 Å². The number of esters is 1. The van der Waals surface area contributed by atoms with E-state index in [2.05, 4.69) is 25.5 Å². The van der Waals surface area contributed by atoms with Crippen molar-refractivity contribution in [2.75, 3.05) is 11.9 Å². The zero-order valence-corrected chi connectivity index (χ0v) is 18.2. The number of rotatable bonds is 7. The van der Waals surface area contributed by atoms with Crippen LogP contribution < -0.4 is 5.32 Å². The molecule has 0 atom stereocenters. The number of hydrogen-bond donors (Lipinski definition) is 1. The minimum absolute atomic E-state index is 0.0155. The molecule has 0 bridgehead atoms. The molecule has 10 heteroatoms. The SMILES string of the molecule is CCOC(=O)/C=C/c1cccc(-c2cnc(Nc3ccc(F)c(Cl)c3)nc2-n2nccn2)c1. The van der Waals surface area contributed by atoms with Crippen molar-refractivity contribution in [2.24, 2.45) is 0 Å². The highest BCUT2D eigenvalue weighted by Crippen LogP contribution is 2.27. The predicted octanol–water partition coefficient (Wildman–Crippen LogP) is 4.84. The van der Waals surface area contributed by atoms with Crippen molar-refractivity contribution >= 4 is 35.3 Å². The van der Waals surface area contributed by atoms with Gasteiger partial charge in [-0.05, 0) is 48.4 Å². The van der Waals surface area contributed by atoms with Crippen molar-refractivity contribution in [1.29, 1.82) is 0 Å². The Balaban J connectivity index is 1.69. The van der Waals surface area contributed by atoms with Gasteiger partial charge in [-0.1, -0.05) is 29.8 Å². The zero-order chi connectivity index (χ0) is 23.2. The van der Waals surface area contributed by atoms with Crippen LogP contribution in [0.4, 0.5) is 16.0 Å². The number of aromatic nitrogens is 5. The highest BCUT2D eigenvalue weighted by atomic mass is 35.5. The monoisotopic (exact) mass is 464 g/mol. The molecule has 0 saturated heterocycles. The lowest BCUT2D eigenvalue weighted by Crippen LogP contribution is -2.08. The summed E-state index contributed by atoms with van der Waals surface area (Å²) in [5, 5.41) is 11.4. The van der Waals surface area contributed by atoms with E-state index in [9.17, 15) is 9.18 Å². The number of ether oxygens (including phenoxy) is 1. The smallest absolute Gasteiger partial charge is 0.330 e. The third-order valence-corrected chi connectivity index (χ3v) is 4.74. The van der Waals surface area contributed by atoms with Crippen LogP contribution in [0, 0.1) is 5.82 Å². The molecule has 0 unspecified atom stereocenters. The van der Waals surface area contributed by atoms with Crippen molar-refractivity contribution in [3.63, 3.8) is 0 Å². The lowest BCUT2D eigenvalue weighted by atomic mass is 10.0. The van der Waals surface area contributed by atoms with Gasteiger partial charge in [0.15, 0.2) is 5.82 Å². The molecule has 2 aromatic heterocycles. The average molecular weight is 465 g/mol. The fraction of sp³-hybridized carbons (Fsp3) is 0.0870. The summed E-state index contributed by atoms with van der Waals surface area (Å²) in [7, 11) is 0. The van der Waals surface area contributed by atoms with E-state index in [4.69, 9.17) is 16.3 Å². The maximum Gasteiger partial charge on any atom is 0.330 e. The summed E-state index contributed by atoms with van der Waals surface area (Å²) >= 11 is 5.86. The highest BCUT2D eigenvalue weighted by molar-refractivity contribution is 6.31. The van der Waals surface area contributed by atoms with Gasteiger partial charge in [-0.3, -0.25) is 0 Å². The summed E-state index contributed by atoms with van der Waals surface area (Å²) in [6.07, 6.45) is 7.75. The van der Waals surface area contributed by atoms with Crippen molar-refractivity contribution in [3.8, 4) is 16.9 Å². The van der Waals surface area contributed by atoms with Gasteiger partial charge in [-0.2, -0.15) is 15.2 Å². The lowest BCUT2D eigenvalue weighted by Gasteiger charge is -2.11. The van der Waals surface area contributed by atoms with E-state index in [1.807, 2.05) is 24.3 Å². The Morgan fingerprint density at radius 3 is 2.79 bits per heavy atom. The fourth-order valence-electron chi connectivity index (χ4n) is 2.98. The summed E-state index contributed by atoms with van der Waals surface area (Å²) < 4.78 is 18.4. The number of halogens is 2. The van der Waals surface area contributed by atoms with Crippen molar-refractivity contribution in [3.05, 3.63) is 83.5 Å². The van der Waals surface area contributed by atoms with E-state index >= 15 is 0 Å². The number of nitrogens with zero attached hydrogens (tertiary/aromatic N) is 5. The molecule has 1 N–H and O–H groups in total. The number of benzene rings is 2. The third kappa shape index (κ3) is 5.39. The molecule has 0 aliphatic carbocycles. The first kappa shape index (κ1) is 22.1. The number of hydrogen-bond acceptors (Lipinski definition) is 7. The van der Waals surface area contributed by atoms with Crippen LogP contribution in [0.3, 0.4) is 0 Å². The van der Waals surface area contributed by atoms with Gasteiger partial charge < -0.3 is 10.1 Å². The zero-order valence-electron chi connectivity index (χ0n) is 17.4.